The number of carboxylic acid groups (broad SMARTS) is 1. The van der Waals surface area contributed by atoms with Crippen molar-refractivity contribution in [2.24, 2.45) is 0 Å². The number of fused-ring (bicyclic) bond motifs is 1. The summed E-state index contributed by atoms with van der Waals surface area (Å²) in [7, 11) is 0. The maximum absolute atomic E-state index is 16.0. The number of nitrogens with one attached hydrogen (secondary N) is 1. The molecule has 47 heavy (non-hydrogen) atoms. The molecule has 0 bridgehead atoms. The summed E-state index contributed by atoms with van der Waals surface area (Å²) in [4.78, 5) is 33.6. The Balaban J connectivity index is 1.33. The third-order valence-corrected chi connectivity index (χ3v) is 8.74. The summed E-state index contributed by atoms with van der Waals surface area (Å²) < 4.78 is 24.1. The molecule has 242 valence electrons. The molecular weight excluding hydrogens is 619 g/mol. The highest BCUT2D eigenvalue weighted by atomic mass is 35.5. The van der Waals surface area contributed by atoms with E-state index in [0.29, 0.717) is 33.3 Å². The number of aromatic nitrogens is 3. The third kappa shape index (κ3) is 7.15. The highest BCUT2D eigenvalue weighted by molar-refractivity contribution is 6.30. The Bertz CT molecular complexity index is 1930. The fourth-order valence-electron chi connectivity index (χ4n) is 6.19. The van der Waals surface area contributed by atoms with E-state index in [1.165, 1.54) is 18.3 Å². The molecule has 8 nitrogen and oxygen atoms in total. The molecule has 0 radical (unpaired) electrons. The number of carboxylic acids is 1. The van der Waals surface area contributed by atoms with E-state index in [2.05, 4.69) is 10.3 Å². The summed E-state index contributed by atoms with van der Waals surface area (Å²) in [5, 5.41) is 13.1. The number of hydrogen-bond acceptors (Lipinski definition) is 5. The SMILES string of the molecule is CC(C)NC(=O)c1ccc(-c2ccc(Cl)cc2)c(COc2ccc(-c3nc4cc(C(=O)O)cnc4n3C3CCCCCC3)c(F)c2)c1. The van der Waals surface area contributed by atoms with Gasteiger partial charge in [0.25, 0.3) is 5.91 Å². The second-order valence-corrected chi connectivity index (χ2v) is 12.7. The summed E-state index contributed by atoms with van der Waals surface area (Å²) in [5.41, 5.74) is 4.30. The number of carbonyl (C=O) groups excluding carboxylic acids is 1. The van der Waals surface area contributed by atoms with E-state index in [-0.39, 0.29) is 35.7 Å². The predicted octanol–water partition coefficient (Wildman–Crippen LogP) is 8.87. The van der Waals surface area contributed by atoms with E-state index in [1.54, 1.807) is 36.4 Å². The van der Waals surface area contributed by atoms with Crippen molar-refractivity contribution < 1.29 is 23.8 Å². The Morgan fingerprint density at radius 1 is 0.979 bits per heavy atom. The van der Waals surface area contributed by atoms with Gasteiger partial charge in [0.05, 0.1) is 11.1 Å². The molecule has 0 aliphatic heterocycles. The minimum atomic E-state index is -1.09. The lowest BCUT2D eigenvalue weighted by Crippen LogP contribution is -2.30. The predicted molar refractivity (Wildman–Crippen MR) is 180 cm³/mol. The number of benzene rings is 3. The smallest absolute Gasteiger partial charge is 0.337 e. The van der Waals surface area contributed by atoms with Crippen LogP contribution in [0.4, 0.5) is 4.39 Å². The molecule has 1 fully saturated rings. The van der Waals surface area contributed by atoms with Gasteiger partial charge in [0.2, 0.25) is 0 Å². The topological polar surface area (TPSA) is 106 Å². The number of nitrogens with zero attached hydrogens (tertiary/aromatic N) is 3. The molecule has 1 saturated carbocycles. The van der Waals surface area contributed by atoms with Crippen LogP contribution >= 0.6 is 11.6 Å². The molecule has 1 aliphatic rings. The van der Waals surface area contributed by atoms with Gasteiger partial charge < -0.3 is 19.7 Å². The summed E-state index contributed by atoms with van der Waals surface area (Å²) >= 11 is 6.12. The van der Waals surface area contributed by atoms with E-state index < -0.39 is 11.8 Å². The first-order valence-electron chi connectivity index (χ1n) is 15.9. The average molecular weight is 655 g/mol. The summed E-state index contributed by atoms with van der Waals surface area (Å²) in [6.45, 7) is 3.89. The first-order chi connectivity index (χ1) is 22.7. The van der Waals surface area contributed by atoms with Crippen LogP contribution in [0.1, 0.15) is 84.7 Å². The molecule has 3 aromatic carbocycles. The molecule has 10 heteroatoms. The number of imidazole rings is 1. The van der Waals surface area contributed by atoms with Gasteiger partial charge in [-0.2, -0.15) is 0 Å². The monoisotopic (exact) mass is 654 g/mol. The number of hydrogen-bond donors (Lipinski definition) is 2. The fraction of sp³-hybridized carbons (Fsp3) is 0.297. The van der Waals surface area contributed by atoms with Crippen molar-refractivity contribution in [1.82, 2.24) is 19.9 Å². The van der Waals surface area contributed by atoms with E-state index in [0.717, 1.165) is 55.2 Å². The first-order valence-corrected chi connectivity index (χ1v) is 16.3. The van der Waals surface area contributed by atoms with Gasteiger partial charge in [-0.1, -0.05) is 55.5 Å². The van der Waals surface area contributed by atoms with Crippen LogP contribution in [0.3, 0.4) is 0 Å². The number of ether oxygens (including phenoxy) is 1. The fourth-order valence-corrected chi connectivity index (χ4v) is 6.32. The van der Waals surface area contributed by atoms with Crippen LogP contribution in [-0.4, -0.2) is 37.6 Å². The summed E-state index contributed by atoms with van der Waals surface area (Å²) in [5.74, 6) is -1.08. The number of rotatable bonds is 9. The lowest BCUT2D eigenvalue weighted by Gasteiger charge is -2.20. The standard InChI is InChI=1S/C37H36ClFN4O4/c1-22(2)41-36(44)24-11-15-30(23-9-12-27(38)13-10-23)26(17-24)21-47-29-14-16-31(32(39)19-29)34-42-33-18-25(37(45)46)20-40-35(33)43(34)28-7-5-3-4-6-8-28/h9-20,22,28H,3-8,21H2,1-2H3,(H,41,44)(H,45,46). The van der Waals surface area contributed by atoms with E-state index in [4.69, 9.17) is 21.3 Å². The van der Waals surface area contributed by atoms with Crippen molar-refractivity contribution in [3.63, 3.8) is 0 Å². The molecule has 0 unspecified atom stereocenters. The maximum Gasteiger partial charge on any atom is 0.337 e. The average Bonchev–Trinajstić information content (AvgIpc) is 3.21. The minimum absolute atomic E-state index is 0.0228. The van der Waals surface area contributed by atoms with Gasteiger partial charge in [0.15, 0.2) is 5.65 Å². The Labute approximate surface area is 277 Å². The van der Waals surface area contributed by atoms with Crippen LogP contribution in [0.5, 0.6) is 5.75 Å². The Kier molecular flexibility index (Phi) is 9.54. The normalized spacial score (nSPS) is 13.9. The number of carbonyl (C=O) groups is 2. The quantitative estimate of drug-likeness (QED) is 0.154. The van der Waals surface area contributed by atoms with Crippen molar-refractivity contribution in [3.05, 3.63) is 100 Å². The maximum atomic E-state index is 16.0. The molecule has 6 rings (SSSR count). The van der Waals surface area contributed by atoms with Crippen LogP contribution < -0.4 is 10.1 Å². The van der Waals surface area contributed by atoms with Crippen molar-refractivity contribution in [1.29, 1.82) is 0 Å². The molecule has 0 atom stereocenters. The zero-order chi connectivity index (χ0) is 33.1. The van der Waals surface area contributed by atoms with E-state index in [9.17, 15) is 14.7 Å². The zero-order valence-corrected chi connectivity index (χ0v) is 27.1. The largest absolute Gasteiger partial charge is 0.489 e. The third-order valence-electron chi connectivity index (χ3n) is 8.48. The first kappa shape index (κ1) is 32.2. The molecule has 1 aliphatic carbocycles. The lowest BCUT2D eigenvalue weighted by molar-refractivity contribution is 0.0696. The van der Waals surface area contributed by atoms with Gasteiger partial charge in [0.1, 0.15) is 29.5 Å². The van der Waals surface area contributed by atoms with Crippen molar-refractivity contribution in [2.45, 2.75) is 71.1 Å². The van der Waals surface area contributed by atoms with Gasteiger partial charge in [-0.3, -0.25) is 4.79 Å². The number of pyridine rings is 1. The summed E-state index contributed by atoms with van der Waals surface area (Å²) in [6, 6.07) is 19.1. The van der Waals surface area contributed by atoms with Crippen LogP contribution in [0.2, 0.25) is 5.02 Å². The molecule has 2 aromatic heterocycles. The Hall–Kier alpha value is -4.76. The molecule has 2 N–H and O–H groups in total. The van der Waals surface area contributed by atoms with Crippen LogP contribution in [0.15, 0.2) is 72.9 Å². The molecular formula is C37H36ClFN4O4. The van der Waals surface area contributed by atoms with Gasteiger partial charge in [-0.15, -0.1) is 0 Å². The molecule has 2 heterocycles. The van der Waals surface area contributed by atoms with Crippen LogP contribution in [-0.2, 0) is 6.61 Å². The second-order valence-electron chi connectivity index (χ2n) is 12.3. The van der Waals surface area contributed by atoms with Crippen molar-refractivity contribution >= 4 is 34.6 Å². The van der Waals surface area contributed by atoms with Crippen molar-refractivity contribution in [3.8, 4) is 28.3 Å². The van der Waals surface area contributed by atoms with Gasteiger partial charge >= 0.3 is 5.97 Å². The minimum Gasteiger partial charge on any atom is -0.489 e. The van der Waals surface area contributed by atoms with Crippen LogP contribution in [0, 0.1) is 5.82 Å². The molecule has 5 aromatic rings. The Morgan fingerprint density at radius 3 is 2.38 bits per heavy atom. The summed E-state index contributed by atoms with van der Waals surface area (Å²) in [6.07, 6.45) is 7.52. The number of halogens is 2. The van der Waals surface area contributed by atoms with Gasteiger partial charge in [0, 0.05) is 34.9 Å². The molecule has 0 saturated heterocycles. The highest BCUT2D eigenvalue weighted by Gasteiger charge is 2.25. The zero-order valence-electron chi connectivity index (χ0n) is 26.3. The van der Waals surface area contributed by atoms with E-state index >= 15 is 4.39 Å². The van der Waals surface area contributed by atoms with Gasteiger partial charge in [-0.25, -0.2) is 19.2 Å². The Morgan fingerprint density at radius 2 is 1.70 bits per heavy atom. The highest BCUT2D eigenvalue weighted by Crippen LogP contribution is 2.37. The molecule has 0 spiro atoms. The molecule has 1 amide bonds. The number of aromatic carboxylic acids is 1. The van der Waals surface area contributed by atoms with Crippen molar-refractivity contribution in [2.75, 3.05) is 0 Å². The van der Waals surface area contributed by atoms with E-state index in [1.807, 2.05) is 36.6 Å². The second kappa shape index (κ2) is 13.9. The number of amides is 1. The van der Waals surface area contributed by atoms with Crippen LogP contribution in [0.25, 0.3) is 33.7 Å². The van der Waals surface area contributed by atoms with Gasteiger partial charge in [-0.05, 0) is 85.8 Å². The lowest BCUT2D eigenvalue weighted by atomic mass is 9.97.